The minimum atomic E-state index is -0.612. The van der Waals surface area contributed by atoms with Crippen molar-refractivity contribution < 1.29 is 4.79 Å². The topological polar surface area (TPSA) is 29.1 Å². The zero-order valence-corrected chi connectivity index (χ0v) is 12.4. The third-order valence-corrected chi connectivity index (χ3v) is 4.08. The highest BCUT2D eigenvalue weighted by Crippen LogP contribution is 2.24. The Bertz CT molecular complexity index is 540. The Balaban J connectivity index is 1.90. The van der Waals surface area contributed by atoms with E-state index in [4.69, 9.17) is 23.2 Å². The van der Waals surface area contributed by atoms with Crippen LogP contribution in [0.3, 0.4) is 0 Å². The Morgan fingerprint density at radius 3 is 2.79 bits per heavy atom. The summed E-state index contributed by atoms with van der Waals surface area (Å²) in [4.78, 5) is 12.6. The first-order valence-corrected chi connectivity index (χ1v) is 7.61. The van der Waals surface area contributed by atoms with Gasteiger partial charge >= 0.3 is 0 Å². The van der Waals surface area contributed by atoms with Crippen LogP contribution in [-0.4, -0.2) is 12.5 Å². The minimum absolute atomic E-state index is 0.104. The van der Waals surface area contributed by atoms with Crippen molar-refractivity contribution in [2.75, 3.05) is 6.54 Å². The van der Waals surface area contributed by atoms with Gasteiger partial charge in [0.25, 0.3) is 5.91 Å². The van der Waals surface area contributed by atoms with E-state index in [9.17, 15) is 4.79 Å². The largest absolute Gasteiger partial charge is 0.352 e. The standard InChI is InChI=1S/C14H13Cl2NOS/c15-13(16)10-3-1-4-11(9-10)14(18)17-7-6-12-5-2-8-19-12/h1-5,8-9,13H,6-7H2,(H,17,18). The van der Waals surface area contributed by atoms with Gasteiger partial charge in [0.1, 0.15) is 4.84 Å². The molecule has 0 aliphatic heterocycles. The van der Waals surface area contributed by atoms with Crippen molar-refractivity contribution in [2.24, 2.45) is 0 Å². The highest BCUT2D eigenvalue weighted by atomic mass is 35.5. The second-order valence-electron chi connectivity index (χ2n) is 4.01. The van der Waals surface area contributed by atoms with Gasteiger partial charge in [0.15, 0.2) is 0 Å². The number of rotatable bonds is 5. The summed E-state index contributed by atoms with van der Waals surface area (Å²) in [6, 6.07) is 11.1. The number of hydrogen-bond acceptors (Lipinski definition) is 2. The summed E-state index contributed by atoms with van der Waals surface area (Å²) in [6.07, 6.45) is 0.844. The van der Waals surface area contributed by atoms with Crippen LogP contribution in [0.15, 0.2) is 41.8 Å². The monoisotopic (exact) mass is 313 g/mol. The van der Waals surface area contributed by atoms with Gasteiger partial charge in [0.2, 0.25) is 0 Å². The Morgan fingerprint density at radius 1 is 1.26 bits per heavy atom. The number of carbonyl (C=O) groups is 1. The lowest BCUT2D eigenvalue weighted by molar-refractivity contribution is 0.0954. The SMILES string of the molecule is O=C(NCCc1cccs1)c1cccc(C(Cl)Cl)c1. The van der Waals surface area contributed by atoms with Crippen LogP contribution in [0, 0.1) is 0 Å². The second-order valence-corrected chi connectivity index (χ2v) is 6.14. The Morgan fingerprint density at radius 2 is 2.11 bits per heavy atom. The average molecular weight is 314 g/mol. The van der Waals surface area contributed by atoms with Crippen molar-refractivity contribution in [3.63, 3.8) is 0 Å². The molecule has 0 aliphatic rings. The summed E-state index contributed by atoms with van der Waals surface area (Å²) in [5, 5.41) is 4.91. The molecule has 1 heterocycles. The summed E-state index contributed by atoms with van der Waals surface area (Å²) in [5.41, 5.74) is 1.31. The van der Waals surface area contributed by atoms with Gasteiger partial charge in [-0.2, -0.15) is 0 Å². The third-order valence-electron chi connectivity index (χ3n) is 2.64. The van der Waals surface area contributed by atoms with Crippen LogP contribution >= 0.6 is 34.5 Å². The first-order valence-electron chi connectivity index (χ1n) is 5.85. The molecule has 1 amide bonds. The summed E-state index contributed by atoms with van der Waals surface area (Å²) < 4.78 is 0. The molecule has 0 fully saturated rings. The van der Waals surface area contributed by atoms with Crippen molar-refractivity contribution in [1.82, 2.24) is 5.32 Å². The molecule has 0 unspecified atom stereocenters. The summed E-state index contributed by atoms with van der Waals surface area (Å²) in [6.45, 7) is 0.620. The van der Waals surface area contributed by atoms with Gasteiger partial charge < -0.3 is 5.32 Å². The molecule has 1 aromatic carbocycles. The van der Waals surface area contributed by atoms with E-state index >= 15 is 0 Å². The van der Waals surface area contributed by atoms with Gasteiger partial charge in [-0.25, -0.2) is 0 Å². The van der Waals surface area contributed by atoms with E-state index in [0.29, 0.717) is 12.1 Å². The number of carbonyl (C=O) groups excluding carboxylic acids is 1. The normalized spacial score (nSPS) is 10.7. The molecule has 0 atom stereocenters. The van der Waals surface area contributed by atoms with Gasteiger partial charge in [-0.3, -0.25) is 4.79 Å². The predicted molar refractivity (Wildman–Crippen MR) is 81.2 cm³/mol. The van der Waals surface area contributed by atoms with E-state index in [0.717, 1.165) is 12.0 Å². The van der Waals surface area contributed by atoms with Crippen LogP contribution < -0.4 is 5.32 Å². The molecule has 2 rings (SSSR count). The number of thiophene rings is 1. The van der Waals surface area contributed by atoms with Gasteiger partial charge in [0.05, 0.1) is 0 Å². The first kappa shape index (κ1) is 14.4. The fourth-order valence-corrected chi connectivity index (χ4v) is 2.65. The van der Waals surface area contributed by atoms with Gasteiger partial charge in [0, 0.05) is 17.0 Å². The second kappa shape index (κ2) is 6.94. The summed E-state index contributed by atoms with van der Waals surface area (Å²) >= 11 is 13.3. The van der Waals surface area contributed by atoms with Gasteiger partial charge in [-0.05, 0) is 35.6 Å². The van der Waals surface area contributed by atoms with Crippen LogP contribution in [0.1, 0.15) is 25.6 Å². The van der Waals surface area contributed by atoms with Crippen molar-refractivity contribution in [1.29, 1.82) is 0 Å². The Hall–Kier alpha value is -1.03. The number of hydrogen-bond donors (Lipinski definition) is 1. The highest BCUT2D eigenvalue weighted by molar-refractivity contribution is 7.09. The molecule has 0 saturated heterocycles. The fourth-order valence-electron chi connectivity index (χ4n) is 1.67. The maximum atomic E-state index is 12.0. The molecule has 19 heavy (non-hydrogen) atoms. The van der Waals surface area contributed by atoms with Crippen LogP contribution in [0.2, 0.25) is 0 Å². The quantitative estimate of drug-likeness (QED) is 0.824. The average Bonchev–Trinajstić information content (AvgIpc) is 2.92. The molecule has 1 aromatic heterocycles. The number of alkyl halides is 2. The molecular weight excluding hydrogens is 301 g/mol. The molecule has 0 aliphatic carbocycles. The van der Waals surface area contributed by atoms with Crippen molar-refractivity contribution in [3.8, 4) is 0 Å². The first-order chi connectivity index (χ1) is 9.16. The van der Waals surface area contributed by atoms with E-state index in [1.165, 1.54) is 4.88 Å². The zero-order valence-electron chi connectivity index (χ0n) is 10.1. The van der Waals surface area contributed by atoms with Crippen molar-refractivity contribution in [2.45, 2.75) is 11.3 Å². The number of halogens is 2. The van der Waals surface area contributed by atoms with E-state index < -0.39 is 4.84 Å². The molecule has 100 valence electrons. The van der Waals surface area contributed by atoms with E-state index in [-0.39, 0.29) is 5.91 Å². The maximum Gasteiger partial charge on any atom is 0.251 e. The molecule has 5 heteroatoms. The zero-order chi connectivity index (χ0) is 13.7. The number of benzene rings is 1. The molecule has 0 saturated carbocycles. The lowest BCUT2D eigenvalue weighted by Gasteiger charge is -2.07. The lowest BCUT2D eigenvalue weighted by Crippen LogP contribution is -2.25. The van der Waals surface area contributed by atoms with E-state index in [2.05, 4.69) is 11.4 Å². The molecular formula is C14H13Cl2NOS. The molecule has 1 N–H and O–H groups in total. The minimum Gasteiger partial charge on any atom is -0.352 e. The molecule has 2 aromatic rings. The van der Waals surface area contributed by atoms with E-state index in [1.807, 2.05) is 11.4 Å². The fraction of sp³-hybridized carbons (Fsp3) is 0.214. The Labute approximate surface area is 126 Å². The highest BCUT2D eigenvalue weighted by Gasteiger charge is 2.09. The molecule has 0 radical (unpaired) electrons. The third kappa shape index (κ3) is 4.23. The predicted octanol–water partition coefficient (Wildman–Crippen LogP) is 4.20. The number of nitrogens with one attached hydrogen (secondary N) is 1. The van der Waals surface area contributed by atoms with Crippen LogP contribution in [0.25, 0.3) is 0 Å². The van der Waals surface area contributed by atoms with Gasteiger partial charge in [-0.15, -0.1) is 34.5 Å². The van der Waals surface area contributed by atoms with Crippen LogP contribution in [0.4, 0.5) is 0 Å². The summed E-state index contributed by atoms with van der Waals surface area (Å²) in [5.74, 6) is -0.104. The maximum absolute atomic E-state index is 12.0. The van der Waals surface area contributed by atoms with Crippen LogP contribution in [-0.2, 0) is 6.42 Å². The number of amides is 1. The molecule has 0 bridgehead atoms. The van der Waals surface area contributed by atoms with Gasteiger partial charge in [-0.1, -0.05) is 18.2 Å². The lowest BCUT2D eigenvalue weighted by atomic mass is 10.1. The smallest absolute Gasteiger partial charge is 0.251 e. The Kier molecular flexibility index (Phi) is 5.25. The van der Waals surface area contributed by atoms with Crippen molar-refractivity contribution in [3.05, 3.63) is 57.8 Å². The molecule has 0 spiro atoms. The molecule has 2 nitrogen and oxygen atoms in total. The van der Waals surface area contributed by atoms with E-state index in [1.54, 1.807) is 35.6 Å². The summed E-state index contributed by atoms with van der Waals surface area (Å²) in [7, 11) is 0. The van der Waals surface area contributed by atoms with Crippen molar-refractivity contribution >= 4 is 40.4 Å². The van der Waals surface area contributed by atoms with Crippen LogP contribution in [0.5, 0.6) is 0 Å².